The van der Waals surface area contributed by atoms with Crippen LogP contribution in [0.15, 0.2) is 55.1 Å². The van der Waals surface area contributed by atoms with Gasteiger partial charge in [-0.05, 0) is 154 Å². The zero-order valence-corrected chi connectivity index (χ0v) is 33.1. The maximum absolute atomic E-state index is 12.4. The number of carbonyl (C=O) groups excluding carboxylic acids is 1. The number of H-pyrrole nitrogens is 2. The molecule has 1 aromatic carbocycles. The number of ether oxygens (including phenoxy) is 1. The van der Waals surface area contributed by atoms with E-state index >= 15 is 0 Å². The number of allylic oxidation sites excluding steroid dienone is 5. The molecule has 0 unspecified atom stereocenters. The summed E-state index contributed by atoms with van der Waals surface area (Å²) in [5, 5.41) is 0. The van der Waals surface area contributed by atoms with Crippen LogP contribution in [0.1, 0.15) is 137 Å². The Balaban J connectivity index is 1.67. The number of rotatable bonds is 13. The molecule has 0 saturated heterocycles. The Labute approximate surface area is 315 Å². The van der Waals surface area contributed by atoms with E-state index in [-0.39, 0.29) is 5.97 Å². The van der Waals surface area contributed by atoms with Crippen LogP contribution in [0, 0.1) is 20.8 Å². The van der Waals surface area contributed by atoms with Crippen LogP contribution in [0.4, 0.5) is 0 Å². The highest BCUT2D eigenvalue weighted by Crippen LogP contribution is 2.41. The van der Waals surface area contributed by atoms with Gasteiger partial charge in [0.1, 0.15) is 5.75 Å². The number of hydrogen-bond donors (Lipinski definition) is 2. The third kappa shape index (κ3) is 7.74. The quantitative estimate of drug-likeness (QED) is 0.0627. The molecular weight excluding hydrogens is 653 g/mol. The first-order chi connectivity index (χ1) is 25.6. The predicted octanol–water partition coefficient (Wildman–Crippen LogP) is 13.0. The number of nitrogens with one attached hydrogen (secondary N) is 2. The summed E-state index contributed by atoms with van der Waals surface area (Å²) < 4.78 is 5.65. The summed E-state index contributed by atoms with van der Waals surface area (Å²) in [6.45, 7) is 21.5. The second-order valence-corrected chi connectivity index (χ2v) is 14.8. The van der Waals surface area contributed by atoms with E-state index in [2.05, 4.69) is 90.1 Å². The van der Waals surface area contributed by atoms with E-state index < -0.39 is 0 Å². The lowest BCUT2D eigenvalue weighted by atomic mass is 9.97. The third-order valence-electron chi connectivity index (χ3n) is 11.3. The van der Waals surface area contributed by atoms with Crippen LogP contribution in [-0.2, 0) is 11.2 Å². The van der Waals surface area contributed by atoms with Gasteiger partial charge in [-0.3, -0.25) is 4.79 Å². The highest BCUT2D eigenvalue weighted by molar-refractivity contribution is 6.01. The fourth-order valence-corrected chi connectivity index (χ4v) is 7.63. The number of carbonyl (C=O) groups is 1. The summed E-state index contributed by atoms with van der Waals surface area (Å²) in [4.78, 5) is 30.9. The molecule has 8 bridgehead atoms. The minimum absolute atomic E-state index is 0.266. The number of aryl methyl sites for hydroxylation is 4. The Morgan fingerprint density at radius 2 is 1.40 bits per heavy atom. The van der Waals surface area contributed by atoms with Crippen molar-refractivity contribution in [3.8, 4) is 16.9 Å². The van der Waals surface area contributed by atoms with Gasteiger partial charge in [0.25, 0.3) is 0 Å². The molecule has 2 aliphatic heterocycles. The number of benzene rings is 1. The van der Waals surface area contributed by atoms with Gasteiger partial charge in [-0.1, -0.05) is 57.7 Å². The van der Waals surface area contributed by atoms with Crippen LogP contribution in [0.5, 0.6) is 5.75 Å². The largest absolute Gasteiger partial charge is 0.427 e. The minimum Gasteiger partial charge on any atom is -0.427 e. The van der Waals surface area contributed by atoms with Crippen LogP contribution < -0.4 is 4.74 Å². The molecule has 6 rings (SSSR count). The Morgan fingerprint density at radius 1 is 0.717 bits per heavy atom. The van der Waals surface area contributed by atoms with Gasteiger partial charge in [0.05, 0.1) is 28.3 Å². The van der Waals surface area contributed by atoms with Crippen LogP contribution in [0.3, 0.4) is 0 Å². The standard InChI is InChI=1S/C47H56N4O2/c1-10-13-16-18-36-32(8)40-25-38-28(4)30(6)46(50-38)45(34-21-23-35(24-22-34)53-44(52)20-15-12-3)47-31(7)29(5)39(51-47)26-41-33(9)37(19-17-14-11-2)43(49-41)27-42(36)48-40/h12,21-27,48,50H,3,10-11,13-20H2,1-2,4-9H3. The van der Waals surface area contributed by atoms with E-state index in [0.29, 0.717) is 18.6 Å². The van der Waals surface area contributed by atoms with Gasteiger partial charge >= 0.3 is 5.97 Å². The number of fused-ring (bicyclic) bond motifs is 8. The molecule has 2 N–H and O–H groups in total. The monoisotopic (exact) mass is 708 g/mol. The van der Waals surface area contributed by atoms with E-state index in [4.69, 9.17) is 14.7 Å². The van der Waals surface area contributed by atoms with E-state index in [0.717, 1.165) is 92.8 Å². The third-order valence-corrected chi connectivity index (χ3v) is 11.3. The molecule has 4 aromatic rings. The Hall–Kier alpha value is -4.97. The molecule has 0 spiro atoms. The fraction of sp³-hybridized carbons (Fsp3) is 0.383. The van der Waals surface area contributed by atoms with Crippen molar-refractivity contribution in [1.29, 1.82) is 0 Å². The molecule has 0 atom stereocenters. The van der Waals surface area contributed by atoms with Crippen LogP contribution in [-0.4, -0.2) is 25.9 Å². The molecule has 3 aromatic heterocycles. The lowest BCUT2D eigenvalue weighted by Crippen LogP contribution is -2.06. The smallest absolute Gasteiger partial charge is 0.311 e. The molecule has 0 radical (unpaired) electrons. The first-order valence-electron chi connectivity index (χ1n) is 19.6. The zero-order chi connectivity index (χ0) is 37.8. The van der Waals surface area contributed by atoms with Crippen molar-refractivity contribution in [3.63, 3.8) is 0 Å². The number of esters is 1. The van der Waals surface area contributed by atoms with E-state index in [9.17, 15) is 4.79 Å². The molecule has 6 nitrogen and oxygen atoms in total. The van der Waals surface area contributed by atoms with Crippen molar-refractivity contribution in [2.45, 2.75) is 120 Å². The summed E-state index contributed by atoms with van der Waals surface area (Å²) in [5.74, 6) is 0.257. The van der Waals surface area contributed by atoms with E-state index in [1.165, 1.54) is 59.1 Å². The van der Waals surface area contributed by atoms with Gasteiger partial charge in [0.2, 0.25) is 0 Å². The SMILES string of the molecule is C=CCCC(=O)Oc1ccc(-c2c3nc(cc4nc(cc5[nH]c(cc6[nH]c2c(C)c6C)c(C)c5CCCCC)C(CCCCC)=C4C)C(C)=C3C)cc1. The maximum Gasteiger partial charge on any atom is 0.311 e. The highest BCUT2D eigenvalue weighted by Gasteiger charge is 2.23. The first-order valence-corrected chi connectivity index (χ1v) is 19.6. The molecule has 2 aliphatic rings. The average Bonchev–Trinajstić information content (AvgIpc) is 3.79. The molecule has 0 saturated carbocycles. The van der Waals surface area contributed by atoms with Gasteiger partial charge < -0.3 is 14.7 Å². The summed E-state index contributed by atoms with van der Waals surface area (Å²) in [7, 11) is 0. The Morgan fingerprint density at radius 3 is 2.09 bits per heavy atom. The molecule has 0 aliphatic carbocycles. The average molecular weight is 709 g/mol. The molecule has 0 fully saturated rings. The number of aromatic nitrogens is 4. The van der Waals surface area contributed by atoms with Gasteiger partial charge in [-0.15, -0.1) is 6.58 Å². The van der Waals surface area contributed by atoms with Gasteiger partial charge in [0, 0.05) is 28.5 Å². The van der Waals surface area contributed by atoms with E-state index in [1.54, 1.807) is 6.08 Å². The van der Waals surface area contributed by atoms with Crippen molar-refractivity contribution in [1.82, 2.24) is 19.9 Å². The van der Waals surface area contributed by atoms with Crippen molar-refractivity contribution in [3.05, 3.63) is 100 Å². The molecule has 0 amide bonds. The normalized spacial score (nSPS) is 12.9. The van der Waals surface area contributed by atoms with Gasteiger partial charge in [-0.2, -0.15) is 0 Å². The minimum atomic E-state index is -0.266. The predicted molar refractivity (Wildman–Crippen MR) is 224 cm³/mol. The maximum atomic E-state index is 12.4. The van der Waals surface area contributed by atoms with Crippen molar-refractivity contribution in [2.75, 3.05) is 0 Å². The topological polar surface area (TPSA) is 83.7 Å². The number of aromatic amines is 2. The lowest BCUT2D eigenvalue weighted by Gasteiger charge is -2.09. The van der Waals surface area contributed by atoms with Crippen molar-refractivity contribution >= 4 is 50.3 Å². The summed E-state index contributed by atoms with van der Waals surface area (Å²) in [5.41, 5.74) is 20.2. The second kappa shape index (κ2) is 16.4. The van der Waals surface area contributed by atoms with E-state index in [1.807, 2.05) is 24.3 Å². The molecule has 276 valence electrons. The van der Waals surface area contributed by atoms with Gasteiger partial charge in [-0.25, -0.2) is 9.97 Å². The second-order valence-electron chi connectivity index (χ2n) is 14.8. The van der Waals surface area contributed by atoms with Crippen molar-refractivity contribution in [2.24, 2.45) is 0 Å². The number of unbranched alkanes of at least 4 members (excludes halogenated alkanes) is 4. The molecular formula is C47H56N4O2. The van der Waals surface area contributed by atoms with Gasteiger partial charge in [0.15, 0.2) is 0 Å². The molecule has 53 heavy (non-hydrogen) atoms. The summed E-state index contributed by atoms with van der Waals surface area (Å²) in [6.07, 6.45) is 11.7. The number of nitrogens with zero attached hydrogens (tertiary/aromatic N) is 2. The first kappa shape index (κ1) is 37.8. The van der Waals surface area contributed by atoms with Crippen LogP contribution in [0.2, 0.25) is 0 Å². The summed E-state index contributed by atoms with van der Waals surface area (Å²) in [6, 6.07) is 14.6. The fourth-order valence-electron chi connectivity index (χ4n) is 7.63. The Bertz CT molecular complexity index is 2280. The zero-order valence-electron chi connectivity index (χ0n) is 33.1. The molecule has 5 heterocycles. The summed E-state index contributed by atoms with van der Waals surface area (Å²) >= 11 is 0. The highest BCUT2D eigenvalue weighted by atomic mass is 16.5. The van der Waals surface area contributed by atoms with Crippen molar-refractivity contribution < 1.29 is 9.53 Å². The van der Waals surface area contributed by atoms with Crippen LogP contribution >= 0.6 is 0 Å². The lowest BCUT2D eigenvalue weighted by molar-refractivity contribution is -0.134. The van der Waals surface area contributed by atoms with Crippen LogP contribution in [0.25, 0.3) is 55.5 Å². The Kier molecular flexibility index (Phi) is 11.7. The number of hydrogen-bond acceptors (Lipinski definition) is 4. The molecule has 6 heteroatoms.